The number of carbonyl (C=O) groups excluding carboxylic acids is 3. The summed E-state index contributed by atoms with van der Waals surface area (Å²) in [6.45, 7) is 14.6. The fourth-order valence-electron chi connectivity index (χ4n) is 5.05. The Hall–Kier alpha value is -4.53. The number of hydrogen-bond acceptors (Lipinski definition) is 6. The van der Waals surface area contributed by atoms with Gasteiger partial charge >= 0.3 is 6.09 Å². The molecule has 0 saturated heterocycles. The van der Waals surface area contributed by atoms with Crippen LogP contribution in [0.5, 0.6) is 11.5 Å². The van der Waals surface area contributed by atoms with Gasteiger partial charge in [0.05, 0.1) is 7.11 Å². The quantitative estimate of drug-likeness (QED) is 0.258. The zero-order valence-corrected chi connectivity index (χ0v) is 27.1. The molecule has 0 fully saturated rings. The third-order valence-corrected chi connectivity index (χ3v) is 7.01. The first-order chi connectivity index (χ1) is 20.5. The van der Waals surface area contributed by atoms with Crippen LogP contribution in [0.2, 0.25) is 0 Å². The molecule has 3 rings (SSSR count). The number of aromatic hydroxyl groups is 1. The van der Waals surface area contributed by atoms with E-state index in [1.165, 1.54) is 12.1 Å². The van der Waals surface area contributed by atoms with E-state index >= 15 is 0 Å². The van der Waals surface area contributed by atoms with Crippen molar-refractivity contribution in [3.63, 3.8) is 0 Å². The van der Waals surface area contributed by atoms with Crippen LogP contribution in [0.15, 0.2) is 66.7 Å². The van der Waals surface area contributed by atoms with Gasteiger partial charge in [0.2, 0.25) is 5.91 Å². The molecule has 0 aliphatic heterocycles. The van der Waals surface area contributed by atoms with E-state index in [0.717, 1.165) is 11.1 Å². The molecule has 0 aromatic heterocycles. The Bertz CT molecular complexity index is 1430. The summed E-state index contributed by atoms with van der Waals surface area (Å²) in [5.41, 5.74) is 1.98. The minimum Gasteiger partial charge on any atom is -0.508 e. The predicted molar refractivity (Wildman–Crippen MR) is 172 cm³/mol. The number of carbonyl (C=O) groups is 3. The molecule has 0 aliphatic rings. The fourth-order valence-corrected chi connectivity index (χ4v) is 5.05. The molecular formula is C35H45N3O6. The number of benzene rings is 3. The van der Waals surface area contributed by atoms with Crippen molar-refractivity contribution >= 4 is 23.6 Å². The molecule has 0 bridgehead atoms. The molecule has 3 N–H and O–H groups in total. The van der Waals surface area contributed by atoms with Gasteiger partial charge in [-0.2, -0.15) is 0 Å². The summed E-state index contributed by atoms with van der Waals surface area (Å²) in [4.78, 5) is 43.6. The van der Waals surface area contributed by atoms with Gasteiger partial charge in [0.1, 0.15) is 29.2 Å². The SMILES string of the molecule is COc1ccc(NC(=O)C(c2c(C)cccc2C)N(C(=O)C(Cc2ccc(O)cc2)NC(=O)OC(C)(C)C)C(C)(C)C)cc1. The number of rotatable bonds is 9. The first-order valence-corrected chi connectivity index (χ1v) is 14.6. The molecule has 44 heavy (non-hydrogen) atoms. The first-order valence-electron chi connectivity index (χ1n) is 14.6. The third kappa shape index (κ3) is 8.99. The number of methoxy groups -OCH3 is 1. The first kappa shape index (κ1) is 34.0. The average molecular weight is 604 g/mol. The Labute approximate surface area is 260 Å². The number of phenolic OH excluding ortho intramolecular Hbond substituents is 1. The van der Waals surface area contributed by atoms with Crippen molar-refractivity contribution in [1.29, 1.82) is 0 Å². The lowest BCUT2D eigenvalue weighted by molar-refractivity contribution is -0.146. The lowest BCUT2D eigenvalue weighted by atomic mass is 9.89. The summed E-state index contributed by atoms with van der Waals surface area (Å²) >= 11 is 0. The third-order valence-electron chi connectivity index (χ3n) is 7.01. The van der Waals surface area contributed by atoms with Gasteiger partial charge in [0, 0.05) is 17.6 Å². The van der Waals surface area contributed by atoms with E-state index in [0.29, 0.717) is 22.6 Å². The molecule has 9 heteroatoms. The fraction of sp³-hybridized carbons (Fsp3) is 0.400. The molecule has 3 aromatic carbocycles. The monoisotopic (exact) mass is 603 g/mol. The van der Waals surface area contributed by atoms with Gasteiger partial charge in [-0.15, -0.1) is 0 Å². The molecule has 0 spiro atoms. The van der Waals surface area contributed by atoms with Crippen LogP contribution in [0.4, 0.5) is 10.5 Å². The highest BCUT2D eigenvalue weighted by Gasteiger charge is 2.43. The van der Waals surface area contributed by atoms with Crippen LogP contribution < -0.4 is 15.4 Å². The number of phenols is 1. The van der Waals surface area contributed by atoms with E-state index in [1.807, 2.05) is 52.8 Å². The largest absolute Gasteiger partial charge is 0.508 e. The molecule has 236 valence electrons. The summed E-state index contributed by atoms with van der Waals surface area (Å²) in [7, 11) is 1.57. The van der Waals surface area contributed by atoms with Gasteiger partial charge < -0.3 is 30.1 Å². The maximum atomic E-state index is 14.7. The smallest absolute Gasteiger partial charge is 0.408 e. The van der Waals surface area contributed by atoms with Crippen LogP contribution in [-0.4, -0.2) is 52.2 Å². The Morgan fingerprint density at radius 3 is 1.93 bits per heavy atom. The molecule has 2 atom stereocenters. The van der Waals surface area contributed by atoms with E-state index in [-0.39, 0.29) is 12.2 Å². The molecule has 9 nitrogen and oxygen atoms in total. The number of aryl methyl sites for hydroxylation is 2. The van der Waals surface area contributed by atoms with Gasteiger partial charge in [0.25, 0.3) is 5.91 Å². The van der Waals surface area contributed by atoms with E-state index < -0.39 is 41.1 Å². The van der Waals surface area contributed by atoms with E-state index in [1.54, 1.807) is 69.2 Å². The van der Waals surface area contributed by atoms with Crippen molar-refractivity contribution in [2.24, 2.45) is 0 Å². The van der Waals surface area contributed by atoms with Crippen molar-refractivity contribution < 1.29 is 29.0 Å². The van der Waals surface area contributed by atoms with E-state index in [9.17, 15) is 19.5 Å². The average Bonchev–Trinajstić information content (AvgIpc) is 2.91. The van der Waals surface area contributed by atoms with E-state index in [2.05, 4.69) is 10.6 Å². The Morgan fingerprint density at radius 1 is 0.864 bits per heavy atom. The number of alkyl carbamates (subject to hydrolysis) is 1. The topological polar surface area (TPSA) is 117 Å². The number of nitrogens with zero attached hydrogens (tertiary/aromatic N) is 1. The zero-order chi connectivity index (χ0) is 32.8. The van der Waals surface area contributed by atoms with Crippen LogP contribution in [0.25, 0.3) is 0 Å². The summed E-state index contributed by atoms with van der Waals surface area (Å²) in [5, 5.41) is 15.6. The minimum atomic E-state index is -1.09. The summed E-state index contributed by atoms with van der Waals surface area (Å²) < 4.78 is 10.8. The highest BCUT2D eigenvalue weighted by atomic mass is 16.6. The second-order valence-corrected chi connectivity index (χ2v) is 12.9. The molecule has 0 aliphatic carbocycles. The Kier molecular flexibility index (Phi) is 10.7. The minimum absolute atomic E-state index is 0.0818. The summed E-state index contributed by atoms with van der Waals surface area (Å²) in [6, 6.07) is 17.0. The predicted octanol–water partition coefficient (Wildman–Crippen LogP) is 6.46. The highest BCUT2D eigenvalue weighted by Crippen LogP contribution is 2.35. The van der Waals surface area contributed by atoms with Crippen LogP contribution in [0.3, 0.4) is 0 Å². The van der Waals surface area contributed by atoms with Crippen LogP contribution in [0, 0.1) is 13.8 Å². The van der Waals surface area contributed by atoms with Crippen LogP contribution >= 0.6 is 0 Å². The van der Waals surface area contributed by atoms with Gasteiger partial charge in [-0.05, 0) is 114 Å². The second kappa shape index (κ2) is 13.8. The molecule has 2 unspecified atom stereocenters. The van der Waals surface area contributed by atoms with Gasteiger partial charge in [-0.3, -0.25) is 9.59 Å². The zero-order valence-electron chi connectivity index (χ0n) is 27.1. The van der Waals surface area contributed by atoms with E-state index in [4.69, 9.17) is 9.47 Å². The van der Waals surface area contributed by atoms with Crippen molar-refractivity contribution in [3.8, 4) is 11.5 Å². The molecule has 0 radical (unpaired) electrons. The van der Waals surface area contributed by atoms with Crippen molar-refractivity contribution in [3.05, 3.63) is 89.0 Å². The Morgan fingerprint density at radius 2 is 1.43 bits per heavy atom. The van der Waals surface area contributed by atoms with Crippen LogP contribution in [-0.2, 0) is 20.7 Å². The molecule has 0 heterocycles. The van der Waals surface area contributed by atoms with Crippen LogP contribution in [0.1, 0.15) is 69.8 Å². The number of amides is 3. The van der Waals surface area contributed by atoms with Crippen molar-refractivity contribution in [1.82, 2.24) is 10.2 Å². The standard InChI is InChI=1S/C35H45N3O6/c1-22-11-10-12-23(2)29(22)30(31(40)36-25-15-19-27(43-9)20-16-25)38(34(3,4)5)32(41)28(37-33(42)44-35(6,7)8)21-24-13-17-26(39)18-14-24/h10-20,28,30,39H,21H2,1-9H3,(H,36,40)(H,37,42). The van der Waals surface area contributed by atoms with Crippen molar-refractivity contribution in [2.45, 2.75) is 85.0 Å². The lowest BCUT2D eigenvalue weighted by Crippen LogP contribution is -2.58. The van der Waals surface area contributed by atoms with Gasteiger partial charge in [-0.1, -0.05) is 30.3 Å². The molecule has 3 aromatic rings. The lowest BCUT2D eigenvalue weighted by Gasteiger charge is -2.43. The van der Waals surface area contributed by atoms with Gasteiger partial charge in [0.15, 0.2) is 0 Å². The highest BCUT2D eigenvalue weighted by molar-refractivity contribution is 5.99. The number of hydrogen-bond donors (Lipinski definition) is 3. The summed E-state index contributed by atoms with van der Waals surface area (Å²) in [6.07, 6.45) is -0.653. The maximum absolute atomic E-state index is 14.7. The molecule has 3 amide bonds. The number of ether oxygens (including phenoxy) is 2. The number of nitrogens with one attached hydrogen (secondary N) is 2. The summed E-state index contributed by atoms with van der Waals surface area (Å²) in [5.74, 6) is -0.144. The normalized spacial score (nSPS) is 12.9. The second-order valence-electron chi connectivity index (χ2n) is 12.9. The molecular weight excluding hydrogens is 558 g/mol. The Balaban J connectivity index is 2.14. The van der Waals surface area contributed by atoms with Crippen molar-refractivity contribution in [2.75, 3.05) is 12.4 Å². The maximum Gasteiger partial charge on any atom is 0.408 e. The molecule has 0 saturated carbocycles. The van der Waals surface area contributed by atoms with Gasteiger partial charge in [-0.25, -0.2) is 4.79 Å². The number of anilines is 1.